The summed E-state index contributed by atoms with van der Waals surface area (Å²) in [6, 6.07) is 2.16. The fourth-order valence-electron chi connectivity index (χ4n) is 2.15. The summed E-state index contributed by atoms with van der Waals surface area (Å²) in [7, 11) is 1.33. The molecule has 0 N–H and O–H groups in total. The third kappa shape index (κ3) is 8.83. The van der Waals surface area contributed by atoms with Crippen LogP contribution in [0.1, 0.15) is 51.4 Å². The largest absolute Gasteiger partial charge is 0.468 e. The Labute approximate surface area is 141 Å². The summed E-state index contributed by atoms with van der Waals surface area (Å²) in [5, 5.41) is 9.51. The zero-order valence-corrected chi connectivity index (χ0v) is 14.3. The van der Waals surface area contributed by atoms with E-state index in [1.807, 2.05) is 36.5 Å². The van der Waals surface area contributed by atoms with E-state index in [1.54, 1.807) is 0 Å². The Bertz CT molecular complexity index is 429. The van der Waals surface area contributed by atoms with Gasteiger partial charge in [-0.25, -0.2) is 0 Å². The van der Waals surface area contributed by atoms with Gasteiger partial charge in [0.2, 0.25) is 0 Å². The lowest BCUT2D eigenvalue weighted by Crippen LogP contribution is -2.29. The van der Waals surface area contributed by atoms with Crippen molar-refractivity contribution in [1.82, 2.24) is 0 Å². The van der Waals surface area contributed by atoms with Crippen LogP contribution in [0.15, 0.2) is 49.6 Å². The topological polar surface area (TPSA) is 50.1 Å². The second kappa shape index (κ2) is 13.6. The molecule has 0 bridgehead atoms. The number of rotatable bonds is 13. The smallest absolute Gasteiger partial charge is 0.326 e. The number of carbonyl (C=O) groups excluding carboxylic acids is 1. The Kier molecular flexibility index (Phi) is 12.3. The number of esters is 1. The monoisotopic (exact) mass is 315 g/mol. The number of allylic oxidation sites excluding steroid dienone is 6. The van der Waals surface area contributed by atoms with Gasteiger partial charge in [-0.15, -0.1) is 13.2 Å². The summed E-state index contributed by atoms with van der Waals surface area (Å²) in [6.07, 6.45) is 18.2. The molecule has 0 rings (SSSR count). The van der Waals surface area contributed by atoms with E-state index in [4.69, 9.17) is 4.74 Å². The minimum Gasteiger partial charge on any atom is -0.468 e. The highest BCUT2D eigenvalue weighted by Crippen LogP contribution is 2.29. The molecule has 126 valence electrons. The first-order valence-corrected chi connectivity index (χ1v) is 8.18. The Hall–Kier alpha value is -2.08. The average Bonchev–Trinajstić information content (AvgIpc) is 2.58. The number of ether oxygens (including phenoxy) is 1. The molecule has 0 heterocycles. The van der Waals surface area contributed by atoms with Crippen LogP contribution in [0.3, 0.4) is 0 Å². The first-order chi connectivity index (χ1) is 11.2. The highest BCUT2D eigenvalue weighted by Gasteiger charge is 2.37. The molecule has 3 heteroatoms. The van der Waals surface area contributed by atoms with E-state index in [1.165, 1.54) is 7.11 Å². The predicted molar refractivity (Wildman–Crippen MR) is 95.7 cm³/mol. The number of nitrogens with zero attached hydrogens (tertiary/aromatic N) is 1. The van der Waals surface area contributed by atoms with Crippen LogP contribution in [0.4, 0.5) is 0 Å². The third-order valence-electron chi connectivity index (χ3n) is 3.61. The number of hydrogen-bond donors (Lipinski definition) is 0. The molecule has 0 aliphatic rings. The van der Waals surface area contributed by atoms with Gasteiger partial charge in [-0.3, -0.25) is 4.79 Å². The Balaban J connectivity index is 4.64. The van der Waals surface area contributed by atoms with Crippen molar-refractivity contribution in [1.29, 1.82) is 5.26 Å². The Morgan fingerprint density at radius 1 is 1.00 bits per heavy atom. The minimum atomic E-state index is -1.13. The Morgan fingerprint density at radius 3 is 1.83 bits per heavy atom. The maximum absolute atomic E-state index is 12.1. The number of methoxy groups -OCH3 is 1. The summed E-state index contributed by atoms with van der Waals surface area (Å²) < 4.78 is 4.84. The van der Waals surface area contributed by atoms with Gasteiger partial charge in [-0.2, -0.15) is 5.26 Å². The molecule has 0 aliphatic carbocycles. The zero-order valence-electron chi connectivity index (χ0n) is 14.3. The van der Waals surface area contributed by atoms with Gasteiger partial charge in [-0.05, 0) is 51.4 Å². The molecule has 0 spiro atoms. The summed E-state index contributed by atoms with van der Waals surface area (Å²) in [5.41, 5.74) is -1.13. The second-order valence-electron chi connectivity index (χ2n) is 5.48. The van der Waals surface area contributed by atoms with Gasteiger partial charge in [0.05, 0.1) is 13.2 Å². The van der Waals surface area contributed by atoms with Gasteiger partial charge in [0.1, 0.15) is 0 Å². The van der Waals surface area contributed by atoms with E-state index in [9.17, 15) is 10.1 Å². The molecule has 0 amide bonds. The fourth-order valence-corrected chi connectivity index (χ4v) is 2.15. The lowest BCUT2D eigenvalue weighted by Gasteiger charge is -2.20. The van der Waals surface area contributed by atoms with Crippen molar-refractivity contribution in [2.75, 3.05) is 7.11 Å². The maximum Gasteiger partial charge on any atom is 0.326 e. The first-order valence-electron chi connectivity index (χ1n) is 8.18. The third-order valence-corrected chi connectivity index (χ3v) is 3.61. The van der Waals surface area contributed by atoms with Gasteiger partial charge in [0.15, 0.2) is 5.41 Å². The van der Waals surface area contributed by atoms with Gasteiger partial charge >= 0.3 is 5.97 Å². The van der Waals surface area contributed by atoms with Gasteiger partial charge in [0.25, 0.3) is 0 Å². The van der Waals surface area contributed by atoms with E-state index in [2.05, 4.69) is 19.2 Å². The van der Waals surface area contributed by atoms with Crippen LogP contribution in [-0.2, 0) is 9.53 Å². The van der Waals surface area contributed by atoms with Crippen molar-refractivity contribution in [3.05, 3.63) is 49.6 Å². The SMILES string of the molecule is C=CCCC/C=C/CC(C#N)(C/C=C/CCCC=C)C(=O)OC. The quantitative estimate of drug-likeness (QED) is 0.264. The molecule has 0 saturated heterocycles. The average molecular weight is 315 g/mol. The summed E-state index contributed by atoms with van der Waals surface area (Å²) in [5.74, 6) is -0.466. The van der Waals surface area contributed by atoms with Crippen molar-refractivity contribution in [2.45, 2.75) is 51.4 Å². The van der Waals surface area contributed by atoms with Crippen LogP contribution in [0.5, 0.6) is 0 Å². The Morgan fingerprint density at radius 2 is 1.48 bits per heavy atom. The van der Waals surface area contributed by atoms with Crippen LogP contribution >= 0.6 is 0 Å². The van der Waals surface area contributed by atoms with Crippen molar-refractivity contribution in [2.24, 2.45) is 5.41 Å². The highest BCUT2D eigenvalue weighted by molar-refractivity contribution is 5.80. The van der Waals surface area contributed by atoms with Crippen LogP contribution in [0.25, 0.3) is 0 Å². The zero-order chi connectivity index (χ0) is 17.4. The minimum absolute atomic E-state index is 0.376. The molecular weight excluding hydrogens is 286 g/mol. The maximum atomic E-state index is 12.1. The second-order valence-corrected chi connectivity index (χ2v) is 5.48. The number of nitriles is 1. The van der Waals surface area contributed by atoms with Crippen molar-refractivity contribution < 1.29 is 9.53 Å². The molecule has 0 aromatic heterocycles. The van der Waals surface area contributed by atoms with Crippen LogP contribution in [0, 0.1) is 16.7 Å². The fraction of sp³-hybridized carbons (Fsp3) is 0.500. The van der Waals surface area contributed by atoms with E-state index in [0.29, 0.717) is 12.8 Å². The van der Waals surface area contributed by atoms with E-state index < -0.39 is 11.4 Å². The standard InChI is InChI=1S/C20H29NO2/c1-4-6-8-10-12-14-16-20(18-21,19(22)23-3)17-15-13-11-9-7-5-2/h4-5,12-15H,1-2,6-11,16-17H2,3H3/b14-12+,15-13+. The summed E-state index contributed by atoms with van der Waals surface area (Å²) in [4.78, 5) is 12.1. The number of hydrogen-bond acceptors (Lipinski definition) is 3. The van der Waals surface area contributed by atoms with Crippen molar-refractivity contribution in [3.8, 4) is 6.07 Å². The van der Waals surface area contributed by atoms with Crippen LogP contribution in [-0.4, -0.2) is 13.1 Å². The number of unbranched alkanes of at least 4 members (excludes halogenated alkanes) is 4. The van der Waals surface area contributed by atoms with Crippen LogP contribution in [0.2, 0.25) is 0 Å². The normalized spacial score (nSPS) is 11.5. The molecule has 0 aliphatic heterocycles. The lowest BCUT2D eigenvalue weighted by molar-refractivity contribution is -0.149. The molecule has 0 unspecified atom stereocenters. The van der Waals surface area contributed by atoms with Gasteiger partial charge in [-0.1, -0.05) is 36.5 Å². The molecular formula is C20H29NO2. The van der Waals surface area contributed by atoms with E-state index in [0.717, 1.165) is 38.5 Å². The van der Waals surface area contributed by atoms with Crippen LogP contribution < -0.4 is 0 Å². The molecule has 0 radical (unpaired) electrons. The molecule has 0 atom stereocenters. The predicted octanol–water partition coefficient (Wildman–Crippen LogP) is 5.27. The number of carbonyl (C=O) groups is 1. The molecule has 23 heavy (non-hydrogen) atoms. The highest BCUT2D eigenvalue weighted by atomic mass is 16.5. The molecule has 0 aromatic carbocycles. The molecule has 3 nitrogen and oxygen atoms in total. The molecule has 0 fully saturated rings. The first kappa shape index (κ1) is 20.9. The molecule has 0 aromatic rings. The van der Waals surface area contributed by atoms with E-state index >= 15 is 0 Å². The molecule has 0 saturated carbocycles. The van der Waals surface area contributed by atoms with Gasteiger partial charge in [0, 0.05) is 0 Å². The van der Waals surface area contributed by atoms with Crippen molar-refractivity contribution in [3.63, 3.8) is 0 Å². The summed E-state index contributed by atoms with van der Waals surface area (Å²) >= 11 is 0. The van der Waals surface area contributed by atoms with E-state index in [-0.39, 0.29) is 0 Å². The summed E-state index contributed by atoms with van der Waals surface area (Å²) in [6.45, 7) is 7.37. The lowest BCUT2D eigenvalue weighted by atomic mass is 9.82. The van der Waals surface area contributed by atoms with Crippen molar-refractivity contribution >= 4 is 5.97 Å². The van der Waals surface area contributed by atoms with Gasteiger partial charge < -0.3 is 4.74 Å².